The molecule has 16 heteroatoms. The van der Waals surface area contributed by atoms with Crippen LogP contribution in [0, 0.1) is 5.82 Å². The average molecular weight is 856 g/mol. The summed E-state index contributed by atoms with van der Waals surface area (Å²) in [6.45, 7) is 3.26. The highest BCUT2D eigenvalue weighted by Crippen LogP contribution is 2.49. The van der Waals surface area contributed by atoms with Crippen LogP contribution in [0.1, 0.15) is 65.7 Å². The van der Waals surface area contributed by atoms with Crippen molar-refractivity contribution in [3.63, 3.8) is 0 Å². The number of likely N-dealkylation sites (tertiary alicyclic amines) is 1. The van der Waals surface area contributed by atoms with Crippen molar-refractivity contribution in [2.45, 2.75) is 62.9 Å². The number of fused-ring (bicyclic) bond motifs is 3. The summed E-state index contributed by atoms with van der Waals surface area (Å²) in [7, 11) is 4.90. The van der Waals surface area contributed by atoms with Gasteiger partial charge in [-0.05, 0) is 91.7 Å². The molecule has 1 spiro atoms. The Morgan fingerprint density at radius 2 is 1.79 bits per heavy atom. The summed E-state index contributed by atoms with van der Waals surface area (Å²) < 4.78 is 24.4. The van der Waals surface area contributed by atoms with E-state index in [2.05, 4.69) is 25.5 Å². The average Bonchev–Trinajstić information content (AvgIpc) is 4.04. The predicted octanol–water partition coefficient (Wildman–Crippen LogP) is 4.71. The zero-order valence-electron chi connectivity index (χ0n) is 35.7. The van der Waals surface area contributed by atoms with Gasteiger partial charge in [0, 0.05) is 75.0 Å². The minimum atomic E-state index is -0.728. The van der Waals surface area contributed by atoms with Crippen LogP contribution in [0.3, 0.4) is 0 Å². The number of hydrogen-bond acceptors (Lipinski definition) is 9. The molecule has 2 N–H and O–H groups in total. The van der Waals surface area contributed by atoms with Crippen molar-refractivity contribution in [3.05, 3.63) is 101 Å². The van der Waals surface area contributed by atoms with E-state index in [-0.39, 0.29) is 54.2 Å². The molecular formula is C47H50FN9O6. The van der Waals surface area contributed by atoms with E-state index in [0.717, 1.165) is 28.9 Å². The largest absolute Gasteiger partial charge is 0.496 e. The lowest BCUT2D eigenvalue weighted by Gasteiger charge is -2.39. The van der Waals surface area contributed by atoms with Crippen LogP contribution >= 0.6 is 0 Å². The summed E-state index contributed by atoms with van der Waals surface area (Å²) in [4.78, 5) is 75.9. The number of anilines is 1. The van der Waals surface area contributed by atoms with Crippen LogP contribution < -0.4 is 15.0 Å². The van der Waals surface area contributed by atoms with E-state index < -0.39 is 23.2 Å². The van der Waals surface area contributed by atoms with Crippen molar-refractivity contribution < 1.29 is 33.1 Å². The highest BCUT2D eigenvalue weighted by atomic mass is 19.1. The number of H-pyrrole nitrogens is 1. The molecular weight excluding hydrogens is 806 g/mol. The molecule has 5 aromatic rings. The van der Waals surface area contributed by atoms with Gasteiger partial charge in [0.05, 0.1) is 30.8 Å². The molecule has 0 aliphatic carbocycles. The van der Waals surface area contributed by atoms with Gasteiger partial charge in [0.2, 0.25) is 23.6 Å². The molecule has 3 aromatic carbocycles. The quantitative estimate of drug-likeness (QED) is 0.179. The van der Waals surface area contributed by atoms with Crippen molar-refractivity contribution in [1.29, 1.82) is 0 Å². The van der Waals surface area contributed by atoms with E-state index >= 15 is 4.39 Å². The second-order valence-corrected chi connectivity index (χ2v) is 17.1. The van der Waals surface area contributed by atoms with Gasteiger partial charge in [0.15, 0.2) is 5.82 Å². The number of aryl methyl sites for hydroxylation is 1. The molecule has 9 rings (SSSR count). The third-order valence-corrected chi connectivity index (χ3v) is 13.2. The van der Waals surface area contributed by atoms with Crippen LogP contribution in [-0.4, -0.2) is 124 Å². The van der Waals surface area contributed by atoms with Gasteiger partial charge in [0.1, 0.15) is 17.5 Å². The molecule has 2 aromatic heterocycles. The molecule has 15 nitrogen and oxygen atoms in total. The number of imide groups is 1. The Labute approximate surface area is 363 Å². The maximum Gasteiger partial charge on any atom is 0.269 e. The number of ether oxygens (including phenoxy) is 1. The predicted molar refractivity (Wildman–Crippen MR) is 233 cm³/mol. The lowest BCUT2D eigenvalue weighted by molar-refractivity contribution is -0.136. The number of amides is 5. The Bertz CT molecular complexity index is 2660. The summed E-state index contributed by atoms with van der Waals surface area (Å²) >= 11 is 0. The summed E-state index contributed by atoms with van der Waals surface area (Å²) in [6.07, 6.45) is 8.47. The number of halogens is 1. The Kier molecular flexibility index (Phi) is 11.2. The second kappa shape index (κ2) is 16.9. The Hall–Kier alpha value is -6.68. The first kappa shape index (κ1) is 41.7. The Morgan fingerprint density at radius 3 is 2.54 bits per heavy atom. The fourth-order valence-corrected chi connectivity index (χ4v) is 9.77. The van der Waals surface area contributed by atoms with Crippen molar-refractivity contribution in [3.8, 4) is 16.9 Å². The lowest BCUT2D eigenvalue weighted by Crippen LogP contribution is -2.57. The molecule has 2 fully saturated rings. The number of aromatic nitrogens is 4. The number of nitrogens with one attached hydrogen (secondary N) is 2. The molecule has 4 aliphatic rings. The summed E-state index contributed by atoms with van der Waals surface area (Å²) in [6, 6.07) is 16.5. The monoisotopic (exact) mass is 855 g/mol. The second-order valence-electron chi connectivity index (χ2n) is 17.1. The number of aromatic amines is 1. The molecule has 6 heterocycles. The minimum absolute atomic E-state index is 0.0633. The van der Waals surface area contributed by atoms with Crippen molar-refractivity contribution in [2.75, 3.05) is 58.8 Å². The van der Waals surface area contributed by atoms with E-state index in [1.807, 2.05) is 48.5 Å². The van der Waals surface area contributed by atoms with Gasteiger partial charge >= 0.3 is 0 Å². The highest BCUT2D eigenvalue weighted by Gasteiger charge is 2.54. The van der Waals surface area contributed by atoms with Crippen molar-refractivity contribution in [1.82, 2.24) is 40.0 Å². The molecule has 0 bridgehead atoms. The van der Waals surface area contributed by atoms with Crippen LogP contribution in [0.15, 0.2) is 73.1 Å². The Morgan fingerprint density at radius 1 is 0.984 bits per heavy atom. The van der Waals surface area contributed by atoms with Crippen LogP contribution in [-0.2, 0) is 37.6 Å². The van der Waals surface area contributed by atoms with E-state index in [1.165, 1.54) is 4.90 Å². The van der Waals surface area contributed by atoms with Crippen LogP contribution in [0.5, 0.6) is 5.75 Å². The number of carbonyl (C=O) groups is 5. The Balaban J connectivity index is 0.942. The standard InChI is InChI=1S/C47H50FN9O6/c1-53(2)45(61)36-27-34-33(26-32(42(48)43(34)50-36)30-7-6-19-55(28-30)41(59)15-21-56-24-18-49-52-56)31-11-10-29(25-39(31)63-3)14-20-54-22-16-47(17-23-54)35-8-4-5-9-37(35)57(46(47)62)38-12-13-40(58)51-44(38)60/h4-5,7-11,18,24-27,38,50H,6,12-17,19-23,28H2,1-3H3,(H,51,58,60). The van der Waals surface area contributed by atoms with Gasteiger partial charge in [-0.15, -0.1) is 5.10 Å². The van der Waals surface area contributed by atoms with Gasteiger partial charge in [-0.25, -0.2) is 4.39 Å². The van der Waals surface area contributed by atoms with Crippen molar-refractivity contribution >= 4 is 51.7 Å². The molecule has 1 atom stereocenters. The molecule has 2 saturated heterocycles. The SMILES string of the molecule is COc1cc(CCN2CCC3(CC2)C(=O)N(C2CCC(=O)NC2=O)c2ccccc23)ccc1-c1cc(C2=CCCN(C(=O)CCn3ccnn3)C2)c(F)c2[nH]c(C(=O)N(C)C)cc12. The van der Waals surface area contributed by atoms with Gasteiger partial charge in [-0.1, -0.05) is 41.6 Å². The normalized spacial score (nSPS) is 18.8. The topological polar surface area (TPSA) is 166 Å². The van der Waals surface area contributed by atoms with E-state index in [0.29, 0.717) is 86.1 Å². The summed E-state index contributed by atoms with van der Waals surface area (Å²) in [5.74, 6) is -1.07. The van der Waals surface area contributed by atoms with Crippen molar-refractivity contribution in [2.24, 2.45) is 0 Å². The van der Waals surface area contributed by atoms with Crippen LogP contribution in [0.4, 0.5) is 10.1 Å². The molecule has 5 amide bonds. The maximum absolute atomic E-state index is 16.7. The number of hydrogen-bond donors (Lipinski definition) is 2. The van der Waals surface area contributed by atoms with E-state index in [4.69, 9.17) is 4.74 Å². The number of nitrogens with zero attached hydrogens (tertiary/aromatic N) is 7. The van der Waals surface area contributed by atoms with E-state index in [9.17, 15) is 24.0 Å². The lowest BCUT2D eigenvalue weighted by atomic mass is 9.73. The molecule has 4 aliphatic heterocycles. The molecule has 0 saturated carbocycles. The van der Waals surface area contributed by atoms with Gasteiger partial charge in [-0.3, -0.25) is 38.9 Å². The first-order chi connectivity index (χ1) is 30.4. The zero-order chi connectivity index (χ0) is 44.0. The van der Waals surface area contributed by atoms with Crippen LogP contribution in [0.25, 0.3) is 27.6 Å². The first-order valence-corrected chi connectivity index (χ1v) is 21.5. The number of piperidine rings is 2. The first-order valence-electron chi connectivity index (χ1n) is 21.5. The molecule has 326 valence electrons. The summed E-state index contributed by atoms with van der Waals surface area (Å²) in [5.41, 5.74) is 4.89. The number of carbonyl (C=O) groups excluding carboxylic acids is 5. The summed E-state index contributed by atoms with van der Waals surface area (Å²) in [5, 5.41) is 10.7. The molecule has 1 unspecified atom stereocenters. The third kappa shape index (κ3) is 7.66. The van der Waals surface area contributed by atoms with E-state index in [1.54, 1.807) is 60.2 Å². The molecule has 0 radical (unpaired) electrons. The smallest absolute Gasteiger partial charge is 0.269 e. The zero-order valence-corrected chi connectivity index (χ0v) is 35.7. The van der Waals surface area contributed by atoms with Crippen LogP contribution in [0.2, 0.25) is 0 Å². The number of methoxy groups -OCH3 is 1. The maximum atomic E-state index is 16.7. The third-order valence-electron chi connectivity index (χ3n) is 13.2. The number of benzene rings is 3. The fourth-order valence-electron chi connectivity index (χ4n) is 9.77. The van der Waals surface area contributed by atoms with Gasteiger partial charge < -0.3 is 24.4 Å². The number of para-hydroxylation sites is 1. The number of rotatable bonds is 11. The van der Waals surface area contributed by atoms with Gasteiger partial charge in [0.25, 0.3) is 5.91 Å². The fraction of sp³-hybridized carbons (Fsp3) is 0.383. The highest BCUT2D eigenvalue weighted by molar-refractivity contribution is 6.14. The van der Waals surface area contributed by atoms with Gasteiger partial charge in [-0.2, -0.15) is 0 Å². The molecule has 63 heavy (non-hydrogen) atoms. The minimum Gasteiger partial charge on any atom is -0.496 e.